The zero-order valence-corrected chi connectivity index (χ0v) is 15.2. The summed E-state index contributed by atoms with van der Waals surface area (Å²) in [5.74, 6) is 0.566. The van der Waals surface area contributed by atoms with Crippen LogP contribution in [0.3, 0.4) is 0 Å². The van der Waals surface area contributed by atoms with E-state index in [0.29, 0.717) is 17.0 Å². The minimum absolute atomic E-state index is 0.0164. The van der Waals surface area contributed by atoms with Crippen LogP contribution in [0, 0.1) is 11.3 Å². The van der Waals surface area contributed by atoms with Crippen LogP contribution in [-0.4, -0.2) is 37.3 Å². The second kappa shape index (κ2) is 8.28. The Labute approximate surface area is 157 Å². The average molecular weight is 362 g/mol. The van der Waals surface area contributed by atoms with Gasteiger partial charge in [-0.2, -0.15) is 5.26 Å². The monoisotopic (exact) mass is 362 g/mol. The summed E-state index contributed by atoms with van der Waals surface area (Å²) in [5.41, 5.74) is 4.41. The lowest BCUT2D eigenvalue weighted by atomic mass is 10.1. The number of fused-ring (bicyclic) bond motifs is 1. The second-order valence-electron chi connectivity index (χ2n) is 6.09. The van der Waals surface area contributed by atoms with Gasteiger partial charge in [-0.15, -0.1) is 0 Å². The van der Waals surface area contributed by atoms with Crippen molar-refractivity contribution in [1.29, 1.82) is 5.26 Å². The van der Waals surface area contributed by atoms with Crippen molar-refractivity contribution >= 4 is 28.4 Å². The summed E-state index contributed by atoms with van der Waals surface area (Å²) in [5, 5.41) is 9.51. The van der Waals surface area contributed by atoms with E-state index in [9.17, 15) is 9.65 Å². The molecule has 3 rings (SSSR count). The summed E-state index contributed by atoms with van der Waals surface area (Å²) >= 11 is 0. The predicted octanol–water partition coefficient (Wildman–Crippen LogP) is 4.11. The maximum absolute atomic E-state index is 12.2. The van der Waals surface area contributed by atoms with E-state index in [-0.39, 0.29) is 6.61 Å². The van der Waals surface area contributed by atoms with Crippen molar-refractivity contribution in [3.8, 4) is 11.8 Å². The van der Waals surface area contributed by atoms with E-state index in [1.54, 1.807) is 36.5 Å². The van der Waals surface area contributed by atoms with Gasteiger partial charge in [-0.05, 0) is 54.1 Å². The summed E-state index contributed by atoms with van der Waals surface area (Å²) in [4.78, 5) is 11.0. The zero-order chi connectivity index (χ0) is 19.2. The molecule has 1 heterocycles. The van der Waals surface area contributed by atoms with Gasteiger partial charge in [-0.3, -0.25) is 4.98 Å². The van der Waals surface area contributed by atoms with Crippen LogP contribution in [0.4, 0.5) is 10.1 Å². The normalized spacial score (nSPS) is 11.3. The quantitative estimate of drug-likeness (QED) is 0.618. The van der Waals surface area contributed by atoms with E-state index in [1.165, 1.54) is 0 Å². The van der Waals surface area contributed by atoms with Crippen molar-refractivity contribution < 1.29 is 9.13 Å². The van der Waals surface area contributed by atoms with Crippen molar-refractivity contribution in [2.75, 3.05) is 32.3 Å². The summed E-state index contributed by atoms with van der Waals surface area (Å²) in [6.45, 7) is -0.524. The Morgan fingerprint density at radius 1 is 1.19 bits per heavy atom. The molecule has 2 aromatic carbocycles. The molecule has 0 aliphatic carbocycles. The van der Waals surface area contributed by atoms with E-state index in [0.717, 1.165) is 22.3 Å². The number of anilines is 1. The van der Waals surface area contributed by atoms with Crippen LogP contribution in [0.1, 0.15) is 11.3 Å². The Morgan fingerprint density at radius 3 is 2.63 bits per heavy atom. The molecule has 27 heavy (non-hydrogen) atoms. The molecule has 0 aliphatic heterocycles. The molecule has 0 saturated carbocycles. The highest BCUT2D eigenvalue weighted by molar-refractivity contribution is 5.90. The lowest BCUT2D eigenvalue weighted by Crippen LogP contribution is -2.08. The minimum Gasteiger partial charge on any atom is -0.491 e. The van der Waals surface area contributed by atoms with Crippen molar-refractivity contribution in [2.24, 2.45) is 0 Å². The number of hydrogen-bond donors (Lipinski definition) is 0. The highest BCUT2D eigenvalue weighted by Crippen LogP contribution is 2.22. The molecule has 0 aliphatic rings. The topological polar surface area (TPSA) is 62.0 Å². The number of hydrogen-bond acceptors (Lipinski definition) is 5. The number of aromatic nitrogens is 2. The predicted molar refractivity (Wildman–Crippen MR) is 105 cm³/mol. The van der Waals surface area contributed by atoms with Crippen LogP contribution >= 0.6 is 0 Å². The molecule has 0 amide bonds. The lowest BCUT2D eigenvalue weighted by Gasteiger charge is -2.12. The third-order valence-electron chi connectivity index (χ3n) is 3.98. The van der Waals surface area contributed by atoms with Gasteiger partial charge in [0.2, 0.25) is 0 Å². The first kappa shape index (κ1) is 18.3. The van der Waals surface area contributed by atoms with Crippen LogP contribution in [0.15, 0.2) is 48.7 Å². The smallest absolute Gasteiger partial charge is 0.123 e. The van der Waals surface area contributed by atoms with Crippen molar-refractivity contribution in [3.05, 3.63) is 59.9 Å². The van der Waals surface area contributed by atoms with Gasteiger partial charge in [0, 0.05) is 19.8 Å². The Hall–Kier alpha value is -3.46. The number of ether oxygens (including phenoxy) is 1. The first-order valence-electron chi connectivity index (χ1n) is 8.46. The number of halogens is 1. The van der Waals surface area contributed by atoms with Crippen LogP contribution in [0.5, 0.6) is 5.75 Å². The molecule has 3 aromatic rings. The van der Waals surface area contributed by atoms with Gasteiger partial charge in [0.15, 0.2) is 0 Å². The molecule has 6 heteroatoms. The number of rotatable bonds is 6. The zero-order valence-electron chi connectivity index (χ0n) is 15.2. The average Bonchev–Trinajstić information content (AvgIpc) is 2.70. The highest BCUT2D eigenvalue weighted by atomic mass is 19.1. The molecule has 0 fully saturated rings. The molecular formula is C21H19FN4O. The van der Waals surface area contributed by atoms with Gasteiger partial charge < -0.3 is 9.64 Å². The van der Waals surface area contributed by atoms with Crippen molar-refractivity contribution in [1.82, 2.24) is 9.97 Å². The number of benzene rings is 2. The number of nitriles is 1. The van der Waals surface area contributed by atoms with Gasteiger partial charge in [0.25, 0.3) is 0 Å². The van der Waals surface area contributed by atoms with E-state index in [1.807, 2.05) is 37.2 Å². The summed E-state index contributed by atoms with van der Waals surface area (Å²) in [7, 11) is 3.94. The molecule has 5 nitrogen and oxygen atoms in total. The van der Waals surface area contributed by atoms with Crippen molar-refractivity contribution in [3.63, 3.8) is 0 Å². The summed E-state index contributed by atoms with van der Waals surface area (Å²) < 4.78 is 17.4. The molecule has 0 spiro atoms. The number of alkyl halides is 1. The van der Waals surface area contributed by atoms with Crippen LogP contribution in [0.25, 0.3) is 22.7 Å². The summed E-state index contributed by atoms with van der Waals surface area (Å²) in [6.07, 6.45) is 3.35. The van der Waals surface area contributed by atoms with Gasteiger partial charge >= 0.3 is 0 Å². The molecule has 0 bridgehead atoms. The number of nitrogens with zero attached hydrogens (tertiary/aromatic N) is 4. The Balaban J connectivity index is 1.89. The third-order valence-corrected chi connectivity index (χ3v) is 3.98. The van der Waals surface area contributed by atoms with E-state index in [2.05, 4.69) is 16.0 Å². The molecule has 0 N–H and O–H groups in total. The molecule has 0 saturated heterocycles. The van der Waals surface area contributed by atoms with Gasteiger partial charge in [-0.1, -0.05) is 0 Å². The number of allylic oxidation sites excluding steroid dienone is 1. The standard InChI is InChI=1S/C21H19FN4O/c1-26(2)18-5-8-20-21(12-18)24-14-17(25-20)11-16(13-23)15-3-6-19(7-4-15)27-10-9-22/h3-8,11-12,14H,9-10H2,1-2H3/b16-11+. The van der Waals surface area contributed by atoms with Crippen molar-refractivity contribution in [2.45, 2.75) is 0 Å². The van der Waals surface area contributed by atoms with E-state index in [4.69, 9.17) is 4.74 Å². The first-order chi connectivity index (χ1) is 13.1. The highest BCUT2D eigenvalue weighted by Gasteiger charge is 2.05. The van der Waals surface area contributed by atoms with Gasteiger partial charge in [0.05, 0.1) is 34.6 Å². The van der Waals surface area contributed by atoms with Crippen LogP contribution < -0.4 is 9.64 Å². The third kappa shape index (κ3) is 4.39. The van der Waals surface area contributed by atoms with E-state index >= 15 is 0 Å². The molecule has 136 valence electrons. The maximum Gasteiger partial charge on any atom is 0.123 e. The minimum atomic E-state index is -0.540. The molecule has 0 radical (unpaired) electrons. The summed E-state index contributed by atoms with van der Waals surface area (Å²) in [6, 6.07) is 15.0. The molecule has 0 unspecified atom stereocenters. The molecule has 0 atom stereocenters. The van der Waals surface area contributed by atoms with Gasteiger partial charge in [0.1, 0.15) is 19.0 Å². The molecule has 1 aromatic heterocycles. The second-order valence-corrected chi connectivity index (χ2v) is 6.09. The van der Waals surface area contributed by atoms with E-state index < -0.39 is 6.67 Å². The fourth-order valence-electron chi connectivity index (χ4n) is 2.58. The first-order valence-corrected chi connectivity index (χ1v) is 8.46. The van der Waals surface area contributed by atoms with Gasteiger partial charge in [-0.25, -0.2) is 9.37 Å². The molecular weight excluding hydrogens is 343 g/mol. The largest absolute Gasteiger partial charge is 0.491 e. The Bertz CT molecular complexity index is 1010. The van der Waals surface area contributed by atoms with Crippen LogP contribution in [0.2, 0.25) is 0 Å². The fraction of sp³-hybridized carbons (Fsp3) is 0.190. The Kier molecular flexibility index (Phi) is 5.62. The lowest BCUT2D eigenvalue weighted by molar-refractivity contribution is 0.273. The maximum atomic E-state index is 12.2. The van der Waals surface area contributed by atoms with Crippen LogP contribution in [-0.2, 0) is 0 Å². The fourth-order valence-corrected chi connectivity index (χ4v) is 2.58. The Morgan fingerprint density at radius 2 is 1.96 bits per heavy atom. The SMILES string of the molecule is CN(C)c1ccc2nc(/C=C(\C#N)c3ccc(OCCF)cc3)cnc2c1.